The maximum atomic E-state index is 12.0. The number of hydrogen-bond donors (Lipinski definition) is 0. The van der Waals surface area contributed by atoms with Gasteiger partial charge in [-0.3, -0.25) is 9.48 Å². The number of carbonyl (C=O) groups excluding carboxylic acids is 1. The molecule has 28 heavy (non-hydrogen) atoms. The maximum absolute atomic E-state index is 12.0. The van der Waals surface area contributed by atoms with Crippen molar-refractivity contribution in [2.24, 2.45) is 0 Å². The summed E-state index contributed by atoms with van der Waals surface area (Å²) in [6.45, 7) is 9.09. The summed E-state index contributed by atoms with van der Waals surface area (Å²) in [6.07, 6.45) is 2.94. The zero-order chi connectivity index (χ0) is 20.1. The van der Waals surface area contributed by atoms with Crippen LogP contribution in [0.2, 0.25) is 0 Å². The van der Waals surface area contributed by atoms with Gasteiger partial charge in [0.05, 0.1) is 30.7 Å². The molecule has 6 heteroatoms. The predicted octanol–water partition coefficient (Wildman–Crippen LogP) is 4.12. The van der Waals surface area contributed by atoms with Crippen molar-refractivity contribution >= 4 is 5.97 Å². The Morgan fingerprint density at radius 2 is 1.96 bits per heavy atom. The lowest BCUT2D eigenvalue weighted by molar-refractivity contribution is -0.143. The second kappa shape index (κ2) is 8.87. The largest absolute Gasteiger partial charge is 0.466 e. The topological polar surface area (TPSA) is 61.9 Å². The van der Waals surface area contributed by atoms with Gasteiger partial charge in [-0.25, -0.2) is 4.98 Å². The van der Waals surface area contributed by atoms with Crippen molar-refractivity contribution in [1.29, 1.82) is 0 Å². The van der Waals surface area contributed by atoms with Crippen LogP contribution in [0.4, 0.5) is 0 Å². The average molecular weight is 380 g/mol. The van der Waals surface area contributed by atoms with Gasteiger partial charge in [0.15, 0.2) is 0 Å². The zero-order valence-corrected chi connectivity index (χ0v) is 17.1. The van der Waals surface area contributed by atoms with E-state index in [-0.39, 0.29) is 12.0 Å². The summed E-state index contributed by atoms with van der Waals surface area (Å²) >= 11 is 0. The van der Waals surface area contributed by atoms with E-state index in [2.05, 4.69) is 39.8 Å². The highest BCUT2D eigenvalue weighted by molar-refractivity contribution is 5.70. The Hall–Kier alpha value is -2.89. The molecule has 0 bridgehead atoms. The van der Waals surface area contributed by atoms with E-state index in [1.54, 1.807) is 0 Å². The number of benzene rings is 1. The lowest BCUT2D eigenvalue weighted by Crippen LogP contribution is -2.16. The van der Waals surface area contributed by atoms with E-state index in [0.29, 0.717) is 13.0 Å². The molecule has 0 amide bonds. The van der Waals surface area contributed by atoms with Crippen LogP contribution in [0, 0.1) is 13.8 Å². The third-order valence-corrected chi connectivity index (χ3v) is 4.85. The van der Waals surface area contributed by atoms with Gasteiger partial charge in [0.25, 0.3) is 0 Å². The summed E-state index contributed by atoms with van der Waals surface area (Å²) in [5, 5.41) is 4.57. The summed E-state index contributed by atoms with van der Waals surface area (Å²) in [4.78, 5) is 16.7. The first-order valence-electron chi connectivity index (χ1n) is 9.77. The summed E-state index contributed by atoms with van der Waals surface area (Å²) in [6, 6.07) is 12.2. The number of aromatic nitrogens is 4. The number of aryl methyl sites for hydroxylation is 3. The molecule has 0 unspecified atom stereocenters. The molecular weight excluding hydrogens is 352 g/mol. The van der Waals surface area contributed by atoms with Gasteiger partial charge >= 0.3 is 5.97 Å². The molecule has 0 aliphatic rings. The Morgan fingerprint density at radius 1 is 1.21 bits per heavy atom. The fourth-order valence-corrected chi connectivity index (χ4v) is 3.52. The van der Waals surface area contributed by atoms with E-state index >= 15 is 0 Å². The number of nitrogens with zero attached hydrogens (tertiary/aromatic N) is 4. The van der Waals surface area contributed by atoms with Crippen LogP contribution in [-0.2, 0) is 22.5 Å². The molecule has 3 aromatic rings. The Morgan fingerprint density at radius 3 is 2.61 bits per heavy atom. The Kier molecular flexibility index (Phi) is 6.29. The smallest absolute Gasteiger partial charge is 0.307 e. The van der Waals surface area contributed by atoms with Gasteiger partial charge in [0.1, 0.15) is 0 Å². The molecule has 0 spiro atoms. The number of imidazole rings is 1. The fourth-order valence-electron chi connectivity index (χ4n) is 3.52. The second-order valence-electron chi connectivity index (χ2n) is 7.07. The molecule has 0 saturated carbocycles. The van der Waals surface area contributed by atoms with Crippen LogP contribution in [0.15, 0.2) is 42.7 Å². The van der Waals surface area contributed by atoms with Crippen LogP contribution in [0.3, 0.4) is 0 Å². The minimum atomic E-state index is -0.186. The SMILES string of the molecule is CCOC(=O)C[C@H](C)n1cnc(-c2ccccc2)c1CCn1nc(C)cc1C. The Balaban J connectivity index is 1.90. The van der Waals surface area contributed by atoms with Crippen molar-refractivity contribution < 1.29 is 9.53 Å². The van der Waals surface area contributed by atoms with E-state index < -0.39 is 0 Å². The maximum Gasteiger partial charge on any atom is 0.307 e. The number of esters is 1. The highest BCUT2D eigenvalue weighted by Crippen LogP contribution is 2.26. The normalized spacial score (nSPS) is 12.1. The van der Waals surface area contributed by atoms with Crippen molar-refractivity contribution in [1.82, 2.24) is 19.3 Å². The molecular formula is C22H28N4O2. The van der Waals surface area contributed by atoms with Crippen molar-refractivity contribution in [3.05, 3.63) is 59.8 Å². The quantitative estimate of drug-likeness (QED) is 0.552. The van der Waals surface area contributed by atoms with Gasteiger partial charge in [0, 0.05) is 36.0 Å². The molecule has 3 rings (SSSR count). The van der Waals surface area contributed by atoms with Crippen LogP contribution >= 0.6 is 0 Å². The molecule has 2 aromatic heterocycles. The molecule has 0 fully saturated rings. The highest BCUT2D eigenvalue weighted by Gasteiger charge is 2.19. The van der Waals surface area contributed by atoms with Crippen molar-refractivity contribution in [2.45, 2.75) is 53.1 Å². The van der Waals surface area contributed by atoms with Crippen molar-refractivity contribution in [3.8, 4) is 11.3 Å². The van der Waals surface area contributed by atoms with E-state index in [4.69, 9.17) is 4.74 Å². The first-order chi connectivity index (χ1) is 13.5. The molecule has 1 atom stereocenters. The Labute approximate surface area is 166 Å². The first-order valence-corrected chi connectivity index (χ1v) is 9.77. The van der Waals surface area contributed by atoms with Crippen LogP contribution < -0.4 is 0 Å². The summed E-state index contributed by atoms with van der Waals surface area (Å²) in [7, 11) is 0. The monoisotopic (exact) mass is 380 g/mol. The third-order valence-electron chi connectivity index (χ3n) is 4.85. The number of hydrogen-bond acceptors (Lipinski definition) is 4. The zero-order valence-electron chi connectivity index (χ0n) is 17.1. The molecule has 1 aromatic carbocycles. The number of carbonyl (C=O) groups is 1. The minimum absolute atomic E-state index is 0.0283. The molecule has 0 saturated heterocycles. The molecule has 0 N–H and O–H groups in total. The summed E-state index contributed by atoms with van der Waals surface area (Å²) in [5.41, 5.74) is 5.30. The third kappa shape index (κ3) is 4.50. The lowest BCUT2D eigenvalue weighted by atomic mass is 10.1. The lowest BCUT2D eigenvalue weighted by Gasteiger charge is -2.17. The van der Waals surface area contributed by atoms with E-state index in [9.17, 15) is 4.79 Å². The predicted molar refractivity (Wildman–Crippen MR) is 109 cm³/mol. The van der Waals surface area contributed by atoms with Crippen LogP contribution in [-0.4, -0.2) is 31.9 Å². The molecule has 0 radical (unpaired) electrons. The van der Waals surface area contributed by atoms with Gasteiger partial charge in [-0.15, -0.1) is 0 Å². The van der Waals surface area contributed by atoms with Gasteiger partial charge < -0.3 is 9.30 Å². The summed E-state index contributed by atoms with van der Waals surface area (Å²) in [5.74, 6) is -0.186. The van der Waals surface area contributed by atoms with Crippen LogP contribution in [0.1, 0.15) is 43.4 Å². The van der Waals surface area contributed by atoms with E-state index in [1.165, 1.54) is 0 Å². The second-order valence-corrected chi connectivity index (χ2v) is 7.07. The van der Waals surface area contributed by atoms with Crippen molar-refractivity contribution in [3.63, 3.8) is 0 Å². The van der Waals surface area contributed by atoms with Gasteiger partial charge in [0.2, 0.25) is 0 Å². The Bertz CT molecular complexity index is 927. The average Bonchev–Trinajstić information content (AvgIpc) is 3.23. The van der Waals surface area contributed by atoms with Crippen LogP contribution in [0.25, 0.3) is 11.3 Å². The van der Waals surface area contributed by atoms with Crippen LogP contribution in [0.5, 0.6) is 0 Å². The molecule has 6 nitrogen and oxygen atoms in total. The first kappa shape index (κ1) is 19.9. The molecule has 0 aliphatic carbocycles. The van der Waals surface area contributed by atoms with E-state index in [0.717, 1.165) is 41.3 Å². The summed E-state index contributed by atoms with van der Waals surface area (Å²) < 4.78 is 9.25. The number of ether oxygens (including phenoxy) is 1. The van der Waals surface area contributed by atoms with Gasteiger partial charge in [-0.05, 0) is 33.8 Å². The van der Waals surface area contributed by atoms with E-state index in [1.807, 2.05) is 50.0 Å². The van der Waals surface area contributed by atoms with Gasteiger partial charge in [-0.2, -0.15) is 5.10 Å². The standard InChI is InChI=1S/C22H28N4O2/c1-5-28-21(27)14-17(3)25-15-23-22(19-9-7-6-8-10-19)20(25)11-12-26-18(4)13-16(2)24-26/h6-10,13,15,17H,5,11-12,14H2,1-4H3/t17-/m0/s1. The molecule has 148 valence electrons. The number of rotatable bonds is 8. The van der Waals surface area contributed by atoms with Gasteiger partial charge in [-0.1, -0.05) is 30.3 Å². The highest BCUT2D eigenvalue weighted by atomic mass is 16.5. The molecule has 0 aliphatic heterocycles. The minimum Gasteiger partial charge on any atom is -0.466 e. The fraction of sp³-hybridized carbons (Fsp3) is 0.409. The van der Waals surface area contributed by atoms with Crippen molar-refractivity contribution in [2.75, 3.05) is 6.61 Å². The molecule has 2 heterocycles.